The van der Waals surface area contributed by atoms with Crippen LogP contribution in [0.2, 0.25) is 0 Å². The minimum atomic E-state index is -0.178. The summed E-state index contributed by atoms with van der Waals surface area (Å²) in [7, 11) is 0. The predicted octanol–water partition coefficient (Wildman–Crippen LogP) is 0.0697. The van der Waals surface area contributed by atoms with Gasteiger partial charge in [0.25, 0.3) is 5.91 Å². The molecule has 6 heteroatoms. The summed E-state index contributed by atoms with van der Waals surface area (Å²) in [6.45, 7) is 1.74. The van der Waals surface area contributed by atoms with Gasteiger partial charge in [0.2, 0.25) is 5.91 Å². The van der Waals surface area contributed by atoms with Crippen molar-refractivity contribution in [3.8, 4) is 0 Å². The molecule has 108 valence electrons. The third-order valence-corrected chi connectivity index (χ3v) is 3.26. The Hall–Kier alpha value is -1.95. The Bertz CT molecular complexity index is 444. The molecule has 1 aromatic heterocycles. The van der Waals surface area contributed by atoms with Crippen LogP contribution in [0.4, 0.5) is 0 Å². The fourth-order valence-electron chi connectivity index (χ4n) is 2.16. The van der Waals surface area contributed by atoms with Gasteiger partial charge in [-0.25, -0.2) is 0 Å². The van der Waals surface area contributed by atoms with Gasteiger partial charge < -0.3 is 16.0 Å². The number of pyridine rings is 1. The van der Waals surface area contributed by atoms with E-state index in [1.807, 2.05) is 0 Å². The first kappa shape index (κ1) is 14.5. The molecule has 2 amide bonds. The van der Waals surface area contributed by atoms with Crippen LogP contribution in [0.15, 0.2) is 24.5 Å². The summed E-state index contributed by atoms with van der Waals surface area (Å²) >= 11 is 0. The van der Waals surface area contributed by atoms with Crippen molar-refractivity contribution in [2.75, 3.05) is 19.6 Å². The van der Waals surface area contributed by atoms with Gasteiger partial charge in [-0.1, -0.05) is 6.42 Å². The smallest absolute Gasteiger partial charge is 0.252 e. The number of hydrogen-bond acceptors (Lipinski definition) is 4. The second kappa shape index (κ2) is 7.59. The van der Waals surface area contributed by atoms with E-state index in [4.69, 9.17) is 0 Å². The van der Waals surface area contributed by atoms with Gasteiger partial charge in [-0.3, -0.25) is 14.6 Å². The van der Waals surface area contributed by atoms with Gasteiger partial charge in [0.1, 0.15) is 0 Å². The zero-order valence-electron chi connectivity index (χ0n) is 11.4. The minimum Gasteiger partial charge on any atom is -0.353 e. The second-order valence-corrected chi connectivity index (χ2v) is 4.79. The van der Waals surface area contributed by atoms with Gasteiger partial charge in [-0.05, 0) is 31.5 Å². The lowest BCUT2D eigenvalue weighted by molar-refractivity contribution is -0.123. The molecule has 0 spiro atoms. The van der Waals surface area contributed by atoms with Crippen LogP contribution in [0.25, 0.3) is 0 Å². The van der Waals surface area contributed by atoms with Gasteiger partial charge >= 0.3 is 0 Å². The molecule has 1 aliphatic rings. The van der Waals surface area contributed by atoms with Crippen LogP contribution in [0.3, 0.4) is 0 Å². The Labute approximate surface area is 118 Å². The molecule has 0 aromatic carbocycles. The molecule has 0 aliphatic carbocycles. The largest absolute Gasteiger partial charge is 0.353 e. The molecular weight excluding hydrogens is 256 g/mol. The molecule has 1 saturated heterocycles. The summed E-state index contributed by atoms with van der Waals surface area (Å²) in [5, 5.41) is 8.76. The summed E-state index contributed by atoms with van der Waals surface area (Å²) in [4.78, 5) is 27.4. The zero-order valence-corrected chi connectivity index (χ0v) is 11.4. The molecule has 0 radical (unpaired) electrons. The number of piperidine rings is 1. The van der Waals surface area contributed by atoms with E-state index < -0.39 is 0 Å². The molecule has 1 atom stereocenters. The van der Waals surface area contributed by atoms with Crippen LogP contribution in [0.1, 0.15) is 29.6 Å². The first-order chi connectivity index (χ1) is 9.77. The summed E-state index contributed by atoms with van der Waals surface area (Å²) in [6, 6.07) is 3.33. The number of nitrogens with one attached hydrogen (secondary N) is 3. The molecule has 1 aromatic rings. The minimum absolute atomic E-state index is 0.0142. The molecule has 20 heavy (non-hydrogen) atoms. The van der Waals surface area contributed by atoms with Crippen molar-refractivity contribution in [1.29, 1.82) is 0 Å². The van der Waals surface area contributed by atoms with Gasteiger partial charge in [0.15, 0.2) is 0 Å². The van der Waals surface area contributed by atoms with Crippen molar-refractivity contribution in [2.45, 2.75) is 25.3 Å². The number of hydrogen-bond donors (Lipinski definition) is 3. The van der Waals surface area contributed by atoms with E-state index in [9.17, 15) is 9.59 Å². The third kappa shape index (κ3) is 4.31. The number of aromatic nitrogens is 1. The SMILES string of the molecule is O=C(NCCNC(=O)[C@H]1CCCCN1)c1cccnc1. The van der Waals surface area contributed by atoms with Crippen LogP contribution in [-0.4, -0.2) is 42.5 Å². The monoisotopic (exact) mass is 276 g/mol. The van der Waals surface area contributed by atoms with Crippen LogP contribution < -0.4 is 16.0 Å². The molecular formula is C14H20N4O2. The molecule has 6 nitrogen and oxygen atoms in total. The fraction of sp³-hybridized carbons (Fsp3) is 0.500. The first-order valence-electron chi connectivity index (χ1n) is 6.96. The van der Waals surface area contributed by atoms with Crippen molar-refractivity contribution in [3.63, 3.8) is 0 Å². The summed E-state index contributed by atoms with van der Waals surface area (Å²) in [5.74, 6) is -0.163. The molecule has 2 rings (SSSR count). The second-order valence-electron chi connectivity index (χ2n) is 4.79. The highest BCUT2D eigenvalue weighted by atomic mass is 16.2. The summed E-state index contributed by atoms with van der Waals surface area (Å²) < 4.78 is 0. The maximum absolute atomic E-state index is 11.8. The van der Waals surface area contributed by atoms with E-state index in [1.54, 1.807) is 18.3 Å². The third-order valence-electron chi connectivity index (χ3n) is 3.26. The predicted molar refractivity (Wildman–Crippen MR) is 75.2 cm³/mol. The van der Waals surface area contributed by atoms with Crippen molar-refractivity contribution in [3.05, 3.63) is 30.1 Å². The standard InChI is InChI=1S/C14H20N4O2/c19-13(11-4-3-6-15-10-11)17-8-9-18-14(20)12-5-1-2-7-16-12/h3-4,6,10,12,16H,1-2,5,7-9H2,(H,17,19)(H,18,20)/t12-/m1/s1. The highest BCUT2D eigenvalue weighted by molar-refractivity contribution is 5.93. The van der Waals surface area contributed by atoms with Crippen molar-refractivity contribution < 1.29 is 9.59 Å². The van der Waals surface area contributed by atoms with Gasteiger partial charge in [0.05, 0.1) is 11.6 Å². The average Bonchev–Trinajstić information content (AvgIpc) is 2.53. The molecule has 3 N–H and O–H groups in total. The number of carbonyl (C=O) groups excluding carboxylic acids is 2. The summed E-state index contributed by atoms with van der Waals surface area (Å²) in [6.07, 6.45) is 6.23. The van der Waals surface area contributed by atoms with Crippen LogP contribution >= 0.6 is 0 Å². The van der Waals surface area contributed by atoms with E-state index in [0.29, 0.717) is 18.7 Å². The van der Waals surface area contributed by atoms with Gasteiger partial charge in [0, 0.05) is 25.5 Å². The maximum Gasteiger partial charge on any atom is 0.252 e. The molecule has 0 unspecified atom stereocenters. The lowest BCUT2D eigenvalue weighted by atomic mass is 10.0. The lowest BCUT2D eigenvalue weighted by Crippen LogP contribution is -2.48. The van der Waals surface area contributed by atoms with Gasteiger partial charge in [-0.15, -0.1) is 0 Å². The van der Waals surface area contributed by atoms with Gasteiger partial charge in [-0.2, -0.15) is 0 Å². The van der Waals surface area contributed by atoms with Crippen LogP contribution in [-0.2, 0) is 4.79 Å². The Morgan fingerprint density at radius 2 is 2.15 bits per heavy atom. The van der Waals surface area contributed by atoms with Crippen LogP contribution in [0.5, 0.6) is 0 Å². The number of rotatable bonds is 5. The highest BCUT2D eigenvalue weighted by Crippen LogP contribution is 2.06. The normalized spacial score (nSPS) is 18.3. The highest BCUT2D eigenvalue weighted by Gasteiger charge is 2.19. The Morgan fingerprint density at radius 3 is 2.85 bits per heavy atom. The zero-order chi connectivity index (χ0) is 14.2. The molecule has 1 aliphatic heterocycles. The molecule has 0 bridgehead atoms. The van der Waals surface area contributed by atoms with E-state index in [-0.39, 0.29) is 17.9 Å². The molecule has 0 saturated carbocycles. The van der Waals surface area contributed by atoms with Crippen molar-refractivity contribution >= 4 is 11.8 Å². The van der Waals surface area contributed by atoms with E-state index in [0.717, 1.165) is 25.8 Å². The van der Waals surface area contributed by atoms with E-state index in [1.165, 1.54) is 6.20 Å². The first-order valence-corrected chi connectivity index (χ1v) is 6.96. The fourth-order valence-corrected chi connectivity index (χ4v) is 2.16. The lowest BCUT2D eigenvalue weighted by Gasteiger charge is -2.22. The number of nitrogens with zero attached hydrogens (tertiary/aromatic N) is 1. The number of carbonyl (C=O) groups is 2. The molecule has 2 heterocycles. The summed E-state index contributed by atoms with van der Waals surface area (Å²) in [5.41, 5.74) is 0.521. The average molecular weight is 276 g/mol. The van der Waals surface area contributed by atoms with E-state index in [2.05, 4.69) is 20.9 Å². The van der Waals surface area contributed by atoms with Crippen LogP contribution in [0, 0.1) is 0 Å². The van der Waals surface area contributed by atoms with Crippen molar-refractivity contribution in [2.24, 2.45) is 0 Å². The Morgan fingerprint density at radius 1 is 1.30 bits per heavy atom. The Kier molecular flexibility index (Phi) is 5.49. The molecule has 1 fully saturated rings. The Balaban J connectivity index is 1.64. The number of amides is 2. The maximum atomic E-state index is 11.8. The van der Waals surface area contributed by atoms with Crippen molar-refractivity contribution in [1.82, 2.24) is 20.9 Å². The topological polar surface area (TPSA) is 83.1 Å². The van der Waals surface area contributed by atoms with E-state index >= 15 is 0 Å². The quantitative estimate of drug-likeness (QED) is 0.665.